The first kappa shape index (κ1) is 11.1. The maximum absolute atomic E-state index is 11.9. The van der Waals surface area contributed by atoms with E-state index in [0.29, 0.717) is 22.9 Å². The first-order valence-corrected chi connectivity index (χ1v) is 4.92. The van der Waals surface area contributed by atoms with Gasteiger partial charge in [-0.2, -0.15) is 0 Å². The van der Waals surface area contributed by atoms with Crippen LogP contribution in [0, 0.1) is 0 Å². The van der Waals surface area contributed by atoms with E-state index in [1.165, 1.54) is 13.2 Å². The molecule has 1 N–H and O–H groups in total. The first-order valence-electron chi connectivity index (χ1n) is 4.92. The zero-order chi connectivity index (χ0) is 12.4. The lowest BCUT2D eigenvalue weighted by Gasteiger charge is -2.04. The number of nitrogens with zero attached hydrogens (tertiary/aromatic N) is 1. The fourth-order valence-corrected chi connectivity index (χ4v) is 1.60. The van der Waals surface area contributed by atoms with Crippen molar-refractivity contribution >= 4 is 17.2 Å². The maximum atomic E-state index is 11.9. The number of carbonyl (C=O) groups is 1. The van der Waals surface area contributed by atoms with E-state index in [1.807, 2.05) is 0 Å². The molecule has 1 aromatic heterocycles. The third kappa shape index (κ3) is 1.84. The average molecular weight is 234 g/mol. The van der Waals surface area contributed by atoms with Gasteiger partial charge in [0.1, 0.15) is 12.0 Å². The summed E-state index contributed by atoms with van der Waals surface area (Å²) >= 11 is 0. The summed E-state index contributed by atoms with van der Waals surface area (Å²) < 4.78 is 5.84. The lowest BCUT2D eigenvalue weighted by molar-refractivity contribution is -0.108. The molecule has 6 heteroatoms. The number of rotatable bonds is 3. The molecule has 0 spiro atoms. The van der Waals surface area contributed by atoms with Gasteiger partial charge in [-0.25, -0.2) is 4.79 Å². The molecule has 0 saturated carbocycles. The van der Waals surface area contributed by atoms with E-state index in [2.05, 4.69) is 4.98 Å². The summed E-state index contributed by atoms with van der Waals surface area (Å²) in [5.74, 6) is 0.513. The fourth-order valence-electron chi connectivity index (χ4n) is 1.60. The summed E-state index contributed by atoms with van der Waals surface area (Å²) in [6, 6.07) is 4.75. The van der Waals surface area contributed by atoms with E-state index in [4.69, 9.17) is 4.74 Å². The number of benzene rings is 1. The topological polar surface area (TPSA) is 81.2 Å². The van der Waals surface area contributed by atoms with Gasteiger partial charge in [-0.05, 0) is 18.2 Å². The molecule has 0 bridgehead atoms. The number of aromatic nitrogens is 2. The van der Waals surface area contributed by atoms with Crippen molar-refractivity contribution in [3.63, 3.8) is 0 Å². The molecule has 0 fully saturated rings. The summed E-state index contributed by atoms with van der Waals surface area (Å²) in [4.78, 5) is 36.4. The number of hydrogen-bond donors (Lipinski definition) is 1. The van der Waals surface area contributed by atoms with Crippen molar-refractivity contribution in [2.45, 2.75) is 6.54 Å². The summed E-state index contributed by atoms with van der Waals surface area (Å²) in [6.07, 6.45) is 0.503. The van der Waals surface area contributed by atoms with Crippen LogP contribution >= 0.6 is 0 Å². The number of H-pyrrole nitrogens is 1. The van der Waals surface area contributed by atoms with Crippen molar-refractivity contribution in [2.24, 2.45) is 0 Å². The molecule has 0 atom stereocenters. The number of aromatic amines is 1. The largest absolute Gasteiger partial charge is 0.497 e. The SMILES string of the molecule is COc1ccc2[nH]c(=O)n(CC=O)c(=O)c2c1. The van der Waals surface area contributed by atoms with Crippen LogP contribution in [0.3, 0.4) is 0 Å². The number of carbonyl (C=O) groups excluding carboxylic acids is 1. The van der Waals surface area contributed by atoms with Crippen molar-refractivity contribution in [2.75, 3.05) is 7.11 Å². The van der Waals surface area contributed by atoms with Gasteiger partial charge < -0.3 is 14.5 Å². The Balaban J connectivity index is 2.83. The van der Waals surface area contributed by atoms with Crippen LogP contribution in [0.2, 0.25) is 0 Å². The Morgan fingerprint density at radius 1 is 1.41 bits per heavy atom. The molecule has 0 aliphatic rings. The predicted molar refractivity (Wildman–Crippen MR) is 61.4 cm³/mol. The average Bonchev–Trinajstić information content (AvgIpc) is 2.34. The minimum Gasteiger partial charge on any atom is -0.497 e. The third-order valence-corrected chi connectivity index (χ3v) is 2.45. The molecule has 1 heterocycles. The van der Waals surface area contributed by atoms with Crippen LogP contribution in [-0.2, 0) is 11.3 Å². The van der Waals surface area contributed by atoms with E-state index in [-0.39, 0.29) is 6.54 Å². The van der Waals surface area contributed by atoms with Crippen molar-refractivity contribution in [1.29, 1.82) is 0 Å². The second-order valence-electron chi connectivity index (χ2n) is 3.42. The maximum Gasteiger partial charge on any atom is 0.329 e. The van der Waals surface area contributed by atoms with Crippen LogP contribution in [0.1, 0.15) is 0 Å². The predicted octanol–water partition coefficient (Wildman–Crippen LogP) is -0.103. The number of aldehydes is 1. The van der Waals surface area contributed by atoms with Gasteiger partial charge in [0.15, 0.2) is 0 Å². The smallest absolute Gasteiger partial charge is 0.329 e. The zero-order valence-corrected chi connectivity index (χ0v) is 9.10. The number of ether oxygens (including phenoxy) is 1. The Bertz CT molecular complexity index is 684. The Kier molecular flexibility index (Phi) is 2.78. The molecule has 0 unspecified atom stereocenters. The summed E-state index contributed by atoms with van der Waals surface area (Å²) in [6.45, 7) is -0.263. The Morgan fingerprint density at radius 2 is 2.18 bits per heavy atom. The minimum absolute atomic E-state index is 0.263. The number of methoxy groups -OCH3 is 1. The first-order chi connectivity index (χ1) is 8.17. The molecular weight excluding hydrogens is 224 g/mol. The van der Waals surface area contributed by atoms with Gasteiger partial charge in [-0.3, -0.25) is 9.36 Å². The van der Waals surface area contributed by atoms with Crippen LogP contribution in [0.15, 0.2) is 27.8 Å². The molecule has 88 valence electrons. The van der Waals surface area contributed by atoms with Gasteiger partial charge >= 0.3 is 5.69 Å². The number of hydrogen-bond acceptors (Lipinski definition) is 4. The third-order valence-electron chi connectivity index (χ3n) is 2.45. The molecule has 0 saturated heterocycles. The van der Waals surface area contributed by atoms with Crippen molar-refractivity contribution in [3.05, 3.63) is 39.0 Å². The molecule has 0 amide bonds. The highest BCUT2D eigenvalue weighted by atomic mass is 16.5. The highest BCUT2D eigenvalue weighted by Crippen LogP contribution is 2.14. The van der Waals surface area contributed by atoms with E-state index in [1.54, 1.807) is 12.1 Å². The lowest BCUT2D eigenvalue weighted by atomic mass is 10.2. The standard InChI is InChI=1S/C11H10N2O4/c1-17-7-2-3-9-8(6-7)10(15)13(4-5-14)11(16)12-9/h2-3,5-6H,4H2,1H3,(H,12,16). The molecule has 6 nitrogen and oxygen atoms in total. The molecule has 2 rings (SSSR count). The van der Waals surface area contributed by atoms with E-state index < -0.39 is 11.2 Å². The van der Waals surface area contributed by atoms with Crippen LogP contribution in [0.5, 0.6) is 5.75 Å². The van der Waals surface area contributed by atoms with Gasteiger partial charge in [0, 0.05) is 0 Å². The van der Waals surface area contributed by atoms with Crippen LogP contribution in [0.4, 0.5) is 0 Å². The number of nitrogens with one attached hydrogen (secondary N) is 1. The van der Waals surface area contributed by atoms with E-state index >= 15 is 0 Å². The van der Waals surface area contributed by atoms with Crippen molar-refractivity contribution in [3.8, 4) is 5.75 Å². The second kappa shape index (κ2) is 4.25. The summed E-state index contributed by atoms with van der Waals surface area (Å²) in [7, 11) is 1.48. The van der Waals surface area contributed by atoms with Crippen LogP contribution in [0.25, 0.3) is 10.9 Å². The number of fused-ring (bicyclic) bond motifs is 1. The van der Waals surface area contributed by atoms with Gasteiger partial charge in [0.2, 0.25) is 0 Å². The Morgan fingerprint density at radius 3 is 2.82 bits per heavy atom. The van der Waals surface area contributed by atoms with Gasteiger partial charge in [0.25, 0.3) is 5.56 Å². The van der Waals surface area contributed by atoms with Crippen molar-refractivity contribution < 1.29 is 9.53 Å². The summed E-state index contributed by atoms with van der Waals surface area (Å²) in [5.41, 5.74) is -0.683. The summed E-state index contributed by atoms with van der Waals surface area (Å²) in [5, 5.41) is 0.311. The molecule has 0 aliphatic heterocycles. The quantitative estimate of drug-likeness (QED) is 0.752. The molecule has 0 radical (unpaired) electrons. The molecule has 2 aromatic rings. The van der Waals surface area contributed by atoms with Crippen LogP contribution in [-0.4, -0.2) is 22.9 Å². The molecule has 17 heavy (non-hydrogen) atoms. The van der Waals surface area contributed by atoms with Gasteiger partial charge in [-0.1, -0.05) is 0 Å². The zero-order valence-electron chi connectivity index (χ0n) is 9.10. The molecular formula is C11H10N2O4. The monoisotopic (exact) mass is 234 g/mol. The minimum atomic E-state index is -0.597. The fraction of sp³-hybridized carbons (Fsp3) is 0.182. The van der Waals surface area contributed by atoms with Gasteiger partial charge in [-0.15, -0.1) is 0 Å². The highest BCUT2D eigenvalue weighted by Gasteiger charge is 2.07. The van der Waals surface area contributed by atoms with Crippen molar-refractivity contribution in [1.82, 2.24) is 9.55 Å². The molecule has 1 aromatic carbocycles. The Labute approximate surface area is 95.5 Å². The van der Waals surface area contributed by atoms with E-state index in [9.17, 15) is 14.4 Å². The Hall–Kier alpha value is -2.37. The van der Waals surface area contributed by atoms with E-state index in [0.717, 1.165) is 4.57 Å². The highest BCUT2D eigenvalue weighted by molar-refractivity contribution is 5.79. The normalized spacial score (nSPS) is 10.4. The van der Waals surface area contributed by atoms with Gasteiger partial charge in [0.05, 0.1) is 24.6 Å². The lowest BCUT2D eigenvalue weighted by Crippen LogP contribution is -2.35. The van der Waals surface area contributed by atoms with Crippen LogP contribution < -0.4 is 16.0 Å². The second-order valence-corrected chi connectivity index (χ2v) is 3.42. The molecule has 0 aliphatic carbocycles.